The molecule has 5 nitrogen and oxygen atoms in total. The van der Waals surface area contributed by atoms with Crippen LogP contribution >= 0.6 is 15.9 Å². The first-order chi connectivity index (χ1) is 11.1. The smallest absolute Gasteiger partial charge is 0.258 e. The van der Waals surface area contributed by atoms with Crippen molar-refractivity contribution < 1.29 is 14.0 Å². The summed E-state index contributed by atoms with van der Waals surface area (Å²) in [4.78, 5) is 28.2. The molecule has 0 aliphatic carbocycles. The third-order valence-corrected chi connectivity index (χ3v) is 5.09. The third kappa shape index (κ3) is 3.40. The zero-order valence-corrected chi connectivity index (χ0v) is 14.3. The van der Waals surface area contributed by atoms with Crippen molar-refractivity contribution in [1.29, 1.82) is 0 Å². The highest BCUT2D eigenvalue weighted by Gasteiger charge is 2.33. The highest BCUT2D eigenvalue weighted by atomic mass is 79.9. The van der Waals surface area contributed by atoms with E-state index in [1.165, 1.54) is 6.07 Å². The fraction of sp³-hybridized carbons (Fsp3) is 0.500. The molecule has 0 radical (unpaired) electrons. The minimum absolute atomic E-state index is 0.0212. The van der Waals surface area contributed by atoms with E-state index >= 15 is 0 Å². The Morgan fingerprint density at radius 3 is 2.91 bits per heavy atom. The molecule has 2 aliphatic heterocycles. The highest BCUT2D eigenvalue weighted by molar-refractivity contribution is 9.10. The maximum atomic E-state index is 14.0. The first kappa shape index (κ1) is 16.4. The molecular formula is C16H19BrFN3O2. The predicted octanol–water partition coefficient (Wildman–Crippen LogP) is 1.62. The van der Waals surface area contributed by atoms with Crippen LogP contribution in [0.15, 0.2) is 22.7 Å². The molecule has 2 heterocycles. The second kappa shape index (κ2) is 6.97. The van der Waals surface area contributed by atoms with Crippen molar-refractivity contribution in [2.45, 2.75) is 18.9 Å². The van der Waals surface area contributed by atoms with Crippen molar-refractivity contribution in [1.82, 2.24) is 15.1 Å². The number of carbonyl (C=O) groups is 2. The van der Waals surface area contributed by atoms with Crippen LogP contribution in [0.5, 0.6) is 0 Å². The number of halogens is 2. The molecule has 2 fully saturated rings. The van der Waals surface area contributed by atoms with Crippen molar-refractivity contribution in [3.05, 3.63) is 34.1 Å². The fourth-order valence-corrected chi connectivity index (χ4v) is 3.77. The van der Waals surface area contributed by atoms with Crippen LogP contribution in [-0.2, 0) is 4.79 Å². The van der Waals surface area contributed by atoms with Gasteiger partial charge in [0.15, 0.2) is 0 Å². The van der Waals surface area contributed by atoms with Crippen molar-refractivity contribution >= 4 is 27.7 Å². The van der Waals surface area contributed by atoms with Crippen LogP contribution in [0, 0.1) is 5.82 Å². The number of hydrogen-bond donors (Lipinski definition) is 1. The minimum Gasteiger partial charge on any atom is -0.336 e. The van der Waals surface area contributed by atoms with Gasteiger partial charge >= 0.3 is 0 Å². The van der Waals surface area contributed by atoms with E-state index in [1.807, 2.05) is 4.90 Å². The molecule has 0 saturated carbocycles. The molecule has 1 aromatic carbocycles. The Morgan fingerprint density at radius 2 is 2.17 bits per heavy atom. The predicted molar refractivity (Wildman–Crippen MR) is 87.6 cm³/mol. The van der Waals surface area contributed by atoms with Gasteiger partial charge in [-0.15, -0.1) is 0 Å². The van der Waals surface area contributed by atoms with E-state index in [-0.39, 0.29) is 23.4 Å². The molecule has 2 saturated heterocycles. The van der Waals surface area contributed by atoms with Crippen molar-refractivity contribution in [2.75, 3.05) is 32.7 Å². The molecule has 1 unspecified atom stereocenters. The molecule has 1 atom stereocenters. The van der Waals surface area contributed by atoms with E-state index in [2.05, 4.69) is 21.2 Å². The number of rotatable bonds is 2. The fourth-order valence-electron chi connectivity index (χ4n) is 3.26. The molecule has 1 aromatic rings. The zero-order valence-electron chi connectivity index (χ0n) is 12.7. The Labute approximate surface area is 142 Å². The van der Waals surface area contributed by atoms with Gasteiger partial charge in [-0.05, 0) is 40.9 Å². The van der Waals surface area contributed by atoms with Gasteiger partial charge in [0, 0.05) is 36.7 Å². The van der Waals surface area contributed by atoms with Crippen LogP contribution in [0.1, 0.15) is 23.2 Å². The second-order valence-corrected chi connectivity index (χ2v) is 6.76. The summed E-state index contributed by atoms with van der Waals surface area (Å²) in [6.07, 6.45) is 1.70. The molecule has 7 heteroatoms. The van der Waals surface area contributed by atoms with E-state index < -0.39 is 5.82 Å². The lowest BCUT2D eigenvalue weighted by atomic mass is 10.0. The van der Waals surface area contributed by atoms with Gasteiger partial charge in [-0.1, -0.05) is 6.07 Å². The van der Waals surface area contributed by atoms with E-state index in [1.54, 1.807) is 17.0 Å². The highest BCUT2D eigenvalue weighted by Crippen LogP contribution is 2.24. The lowest BCUT2D eigenvalue weighted by Crippen LogP contribution is -2.57. The topological polar surface area (TPSA) is 52.7 Å². The van der Waals surface area contributed by atoms with E-state index in [4.69, 9.17) is 0 Å². The molecular weight excluding hydrogens is 365 g/mol. The maximum Gasteiger partial charge on any atom is 0.258 e. The van der Waals surface area contributed by atoms with Crippen LogP contribution in [0.3, 0.4) is 0 Å². The lowest BCUT2D eigenvalue weighted by molar-refractivity contribution is -0.135. The summed E-state index contributed by atoms with van der Waals surface area (Å²) < 4.78 is 14.5. The molecule has 23 heavy (non-hydrogen) atoms. The molecule has 0 spiro atoms. The number of likely N-dealkylation sites (tertiary alicyclic amines) is 1. The summed E-state index contributed by atoms with van der Waals surface area (Å²) in [5.74, 6) is -0.769. The Hall–Kier alpha value is -1.47. The van der Waals surface area contributed by atoms with E-state index in [0.717, 1.165) is 19.4 Å². The summed E-state index contributed by atoms with van der Waals surface area (Å²) in [5.41, 5.74) is 0.0692. The van der Waals surface area contributed by atoms with Crippen LogP contribution in [0.25, 0.3) is 0 Å². The van der Waals surface area contributed by atoms with Gasteiger partial charge in [0.25, 0.3) is 5.91 Å². The second-order valence-electron chi connectivity index (χ2n) is 5.91. The maximum absolute atomic E-state index is 14.0. The SMILES string of the molecule is O=C(c1c(F)cccc1Br)N1CCCC(N2CCNCC2=O)C1. The van der Waals surface area contributed by atoms with Gasteiger partial charge in [-0.3, -0.25) is 9.59 Å². The van der Waals surface area contributed by atoms with Crippen LogP contribution in [-0.4, -0.2) is 60.4 Å². The third-order valence-electron chi connectivity index (χ3n) is 4.43. The Bertz CT molecular complexity index is 605. The number of nitrogens with zero attached hydrogens (tertiary/aromatic N) is 2. The zero-order chi connectivity index (χ0) is 16.4. The molecule has 2 aliphatic rings. The van der Waals surface area contributed by atoms with Gasteiger partial charge in [0.1, 0.15) is 5.82 Å². The molecule has 2 amide bonds. The van der Waals surface area contributed by atoms with Gasteiger partial charge < -0.3 is 15.1 Å². The number of benzene rings is 1. The lowest BCUT2D eigenvalue weighted by Gasteiger charge is -2.41. The minimum atomic E-state index is -0.523. The number of hydrogen-bond acceptors (Lipinski definition) is 3. The summed E-state index contributed by atoms with van der Waals surface area (Å²) in [6, 6.07) is 4.54. The Balaban J connectivity index is 1.75. The van der Waals surface area contributed by atoms with Crippen LogP contribution in [0.4, 0.5) is 4.39 Å². The number of nitrogens with one attached hydrogen (secondary N) is 1. The van der Waals surface area contributed by atoms with Crippen molar-refractivity contribution in [3.8, 4) is 0 Å². The normalized spacial score (nSPS) is 22.3. The van der Waals surface area contributed by atoms with Gasteiger partial charge in [-0.25, -0.2) is 4.39 Å². The monoisotopic (exact) mass is 383 g/mol. The first-order valence-corrected chi connectivity index (χ1v) is 8.60. The molecule has 124 valence electrons. The first-order valence-electron chi connectivity index (χ1n) is 7.81. The average molecular weight is 384 g/mol. The number of carbonyl (C=O) groups excluding carboxylic acids is 2. The van der Waals surface area contributed by atoms with Crippen molar-refractivity contribution in [3.63, 3.8) is 0 Å². The molecule has 0 bridgehead atoms. The molecule has 3 rings (SSSR count). The number of amides is 2. The average Bonchev–Trinajstić information content (AvgIpc) is 2.55. The summed E-state index contributed by atoms with van der Waals surface area (Å²) in [7, 11) is 0. The van der Waals surface area contributed by atoms with E-state index in [9.17, 15) is 14.0 Å². The van der Waals surface area contributed by atoms with E-state index in [0.29, 0.717) is 30.7 Å². The summed E-state index contributed by atoms with van der Waals surface area (Å²) in [5, 5.41) is 3.05. The quantitative estimate of drug-likeness (QED) is 0.844. The molecule has 1 N–H and O–H groups in total. The Kier molecular flexibility index (Phi) is 4.96. The largest absolute Gasteiger partial charge is 0.336 e. The van der Waals surface area contributed by atoms with Gasteiger partial charge in [0.05, 0.1) is 12.1 Å². The van der Waals surface area contributed by atoms with Gasteiger partial charge in [-0.2, -0.15) is 0 Å². The molecule has 0 aromatic heterocycles. The van der Waals surface area contributed by atoms with Gasteiger partial charge in [0.2, 0.25) is 5.91 Å². The van der Waals surface area contributed by atoms with Crippen LogP contribution < -0.4 is 5.32 Å². The van der Waals surface area contributed by atoms with Crippen LogP contribution in [0.2, 0.25) is 0 Å². The number of piperidine rings is 1. The Morgan fingerprint density at radius 1 is 1.35 bits per heavy atom. The standard InChI is InChI=1S/C16H19BrFN3O2/c17-12-4-1-5-13(18)15(12)16(23)20-7-2-3-11(10-20)21-8-6-19-9-14(21)22/h1,4-5,11,19H,2-3,6-10H2. The number of piperazine rings is 1. The van der Waals surface area contributed by atoms with Crippen molar-refractivity contribution in [2.24, 2.45) is 0 Å². The summed E-state index contributed by atoms with van der Waals surface area (Å²) in [6.45, 7) is 2.84. The summed E-state index contributed by atoms with van der Waals surface area (Å²) >= 11 is 3.26.